The van der Waals surface area contributed by atoms with Crippen LogP contribution in [0.3, 0.4) is 0 Å². The Balaban J connectivity index is 1.87. The molecule has 0 aliphatic carbocycles. The summed E-state index contributed by atoms with van der Waals surface area (Å²) < 4.78 is 61.4. The summed E-state index contributed by atoms with van der Waals surface area (Å²) >= 11 is 0. The van der Waals surface area contributed by atoms with Gasteiger partial charge in [0, 0.05) is 52.5 Å². The molecular formula is C17H26F3N5O2S. The molecule has 0 bridgehead atoms. The molecule has 1 aliphatic heterocycles. The Labute approximate surface area is 163 Å². The van der Waals surface area contributed by atoms with Gasteiger partial charge >= 0.3 is 15.5 Å². The summed E-state index contributed by atoms with van der Waals surface area (Å²) in [6.07, 6.45) is 0.540. The fourth-order valence-corrected chi connectivity index (χ4v) is 3.89. The van der Waals surface area contributed by atoms with Crippen molar-refractivity contribution in [2.45, 2.75) is 30.9 Å². The first-order chi connectivity index (χ1) is 13.0. The van der Waals surface area contributed by atoms with Gasteiger partial charge in [0.05, 0.1) is 0 Å². The first-order valence-electron chi connectivity index (χ1n) is 8.84. The van der Waals surface area contributed by atoms with Crippen molar-refractivity contribution in [1.82, 2.24) is 14.9 Å². The van der Waals surface area contributed by atoms with E-state index in [1.165, 1.54) is 0 Å². The summed E-state index contributed by atoms with van der Waals surface area (Å²) in [4.78, 5) is 6.13. The van der Waals surface area contributed by atoms with Crippen LogP contribution in [0.15, 0.2) is 29.3 Å². The summed E-state index contributed by atoms with van der Waals surface area (Å²) in [5.41, 5.74) is -3.13. The highest BCUT2D eigenvalue weighted by atomic mass is 32.2. The molecule has 0 saturated carbocycles. The Morgan fingerprint density at radius 3 is 2.46 bits per heavy atom. The average molecular weight is 421 g/mol. The molecule has 0 spiro atoms. The van der Waals surface area contributed by atoms with Gasteiger partial charge in [-0.1, -0.05) is 12.1 Å². The third-order valence-electron chi connectivity index (χ3n) is 4.54. The number of nitrogens with one attached hydrogen (secondary N) is 2. The number of benzene rings is 1. The smallest absolute Gasteiger partial charge is 0.378 e. The van der Waals surface area contributed by atoms with E-state index in [1.807, 2.05) is 43.3 Å². The van der Waals surface area contributed by atoms with Crippen LogP contribution in [0.25, 0.3) is 0 Å². The van der Waals surface area contributed by atoms with Gasteiger partial charge in [0.15, 0.2) is 5.96 Å². The van der Waals surface area contributed by atoms with Crippen LogP contribution < -0.4 is 15.5 Å². The fraction of sp³-hybridized carbons (Fsp3) is 0.588. The SMILES string of the molecule is CN=C(NCc1cccc(N(C)C)c1)NC1CCN(S(=O)(=O)C(F)(F)F)CC1. The second kappa shape index (κ2) is 8.99. The maximum Gasteiger partial charge on any atom is 0.511 e. The number of rotatable bonds is 5. The predicted octanol–water partition coefficient (Wildman–Crippen LogP) is 1.73. The highest BCUT2D eigenvalue weighted by molar-refractivity contribution is 7.90. The zero-order valence-corrected chi connectivity index (χ0v) is 16.9. The van der Waals surface area contributed by atoms with Crippen molar-refractivity contribution in [3.8, 4) is 0 Å². The molecule has 0 radical (unpaired) electrons. The van der Waals surface area contributed by atoms with Crippen molar-refractivity contribution in [3.63, 3.8) is 0 Å². The van der Waals surface area contributed by atoms with Crippen LogP contribution in [0, 0.1) is 0 Å². The second-order valence-electron chi connectivity index (χ2n) is 6.76. The summed E-state index contributed by atoms with van der Waals surface area (Å²) in [6.45, 7) is 0.172. The van der Waals surface area contributed by atoms with E-state index < -0.39 is 15.5 Å². The summed E-state index contributed by atoms with van der Waals surface area (Å²) in [6, 6.07) is 7.83. The lowest BCUT2D eigenvalue weighted by molar-refractivity contribution is -0.0494. The third kappa shape index (κ3) is 5.51. The molecule has 0 amide bonds. The van der Waals surface area contributed by atoms with Crippen LogP contribution in [-0.4, -0.2) is 64.5 Å². The van der Waals surface area contributed by atoms with Gasteiger partial charge < -0.3 is 15.5 Å². The van der Waals surface area contributed by atoms with Crippen molar-refractivity contribution in [2.75, 3.05) is 39.1 Å². The zero-order chi connectivity index (χ0) is 20.9. The average Bonchev–Trinajstić information content (AvgIpc) is 2.64. The predicted molar refractivity (Wildman–Crippen MR) is 104 cm³/mol. The van der Waals surface area contributed by atoms with Crippen molar-refractivity contribution in [1.29, 1.82) is 0 Å². The second-order valence-corrected chi connectivity index (χ2v) is 8.69. The minimum atomic E-state index is -5.26. The van der Waals surface area contributed by atoms with Crippen LogP contribution in [-0.2, 0) is 16.6 Å². The molecule has 158 valence electrons. The van der Waals surface area contributed by atoms with Gasteiger partial charge in [-0.3, -0.25) is 4.99 Å². The van der Waals surface area contributed by atoms with E-state index in [0.29, 0.717) is 16.8 Å². The maximum absolute atomic E-state index is 12.6. The lowest BCUT2D eigenvalue weighted by Crippen LogP contribution is -2.51. The Kier molecular flexibility index (Phi) is 7.16. The molecule has 0 atom stereocenters. The Hall–Kier alpha value is -2.01. The molecule has 1 aliphatic rings. The van der Waals surface area contributed by atoms with Gasteiger partial charge in [-0.05, 0) is 30.5 Å². The maximum atomic E-state index is 12.6. The van der Waals surface area contributed by atoms with E-state index >= 15 is 0 Å². The highest BCUT2D eigenvalue weighted by Gasteiger charge is 2.50. The van der Waals surface area contributed by atoms with Gasteiger partial charge in [0.1, 0.15) is 0 Å². The van der Waals surface area contributed by atoms with Crippen molar-refractivity contribution >= 4 is 21.7 Å². The summed E-state index contributed by atoms with van der Waals surface area (Å²) in [7, 11) is 0.261. The standard InChI is InChI=1S/C17H26F3N5O2S/c1-21-16(22-12-13-5-4-6-15(11-13)24(2)3)23-14-7-9-25(10-8-14)28(26,27)17(18,19)20/h4-6,11,14H,7-10,12H2,1-3H3,(H2,21,22,23). The van der Waals surface area contributed by atoms with Crippen LogP contribution in [0.5, 0.6) is 0 Å². The number of guanidine groups is 1. The number of sulfonamides is 1. The molecule has 28 heavy (non-hydrogen) atoms. The Bertz CT molecular complexity index is 788. The van der Waals surface area contributed by atoms with Gasteiger partial charge in [0.25, 0.3) is 0 Å². The van der Waals surface area contributed by atoms with E-state index in [1.54, 1.807) is 7.05 Å². The van der Waals surface area contributed by atoms with Gasteiger partial charge in [-0.25, -0.2) is 8.42 Å². The van der Waals surface area contributed by atoms with Crippen LogP contribution in [0.2, 0.25) is 0 Å². The fourth-order valence-electron chi connectivity index (χ4n) is 2.91. The van der Waals surface area contributed by atoms with E-state index in [4.69, 9.17) is 0 Å². The molecule has 0 unspecified atom stereocenters. The molecule has 1 saturated heterocycles. The van der Waals surface area contributed by atoms with E-state index in [-0.39, 0.29) is 32.0 Å². The monoisotopic (exact) mass is 421 g/mol. The molecule has 7 nitrogen and oxygen atoms in total. The van der Waals surface area contributed by atoms with Crippen molar-refractivity contribution < 1.29 is 21.6 Å². The molecule has 1 fully saturated rings. The lowest BCUT2D eigenvalue weighted by Gasteiger charge is -2.32. The summed E-state index contributed by atoms with van der Waals surface area (Å²) in [5, 5.41) is 6.32. The Morgan fingerprint density at radius 1 is 1.29 bits per heavy atom. The number of anilines is 1. The Morgan fingerprint density at radius 2 is 1.93 bits per heavy atom. The summed E-state index contributed by atoms with van der Waals surface area (Å²) in [5.74, 6) is 0.521. The van der Waals surface area contributed by atoms with E-state index in [2.05, 4.69) is 15.6 Å². The number of nitrogens with zero attached hydrogens (tertiary/aromatic N) is 3. The number of hydrogen-bond donors (Lipinski definition) is 2. The topological polar surface area (TPSA) is 77.0 Å². The first kappa shape index (κ1) is 22.3. The number of aliphatic imine (C=N–C) groups is 1. The minimum Gasteiger partial charge on any atom is -0.378 e. The zero-order valence-electron chi connectivity index (χ0n) is 16.1. The minimum absolute atomic E-state index is 0.154. The van der Waals surface area contributed by atoms with Gasteiger partial charge in [0.2, 0.25) is 0 Å². The number of hydrogen-bond acceptors (Lipinski definition) is 4. The number of alkyl halides is 3. The largest absolute Gasteiger partial charge is 0.511 e. The highest BCUT2D eigenvalue weighted by Crippen LogP contribution is 2.28. The number of piperidine rings is 1. The number of halogens is 3. The molecule has 1 aromatic rings. The molecule has 1 heterocycles. The third-order valence-corrected chi connectivity index (χ3v) is 6.17. The molecule has 0 aromatic heterocycles. The first-order valence-corrected chi connectivity index (χ1v) is 10.3. The molecule has 1 aromatic carbocycles. The van der Waals surface area contributed by atoms with Crippen molar-refractivity contribution in [3.05, 3.63) is 29.8 Å². The normalized spacial score (nSPS) is 17.4. The quantitative estimate of drug-likeness (QED) is 0.559. The van der Waals surface area contributed by atoms with Gasteiger partial charge in [-0.15, -0.1) is 0 Å². The van der Waals surface area contributed by atoms with Crippen LogP contribution in [0.1, 0.15) is 18.4 Å². The van der Waals surface area contributed by atoms with Crippen molar-refractivity contribution in [2.24, 2.45) is 4.99 Å². The molecular weight excluding hydrogens is 395 g/mol. The van der Waals surface area contributed by atoms with Crippen LogP contribution in [0.4, 0.5) is 18.9 Å². The lowest BCUT2D eigenvalue weighted by atomic mass is 10.1. The molecule has 11 heteroatoms. The van der Waals surface area contributed by atoms with Gasteiger partial charge in [-0.2, -0.15) is 17.5 Å². The van der Waals surface area contributed by atoms with E-state index in [9.17, 15) is 21.6 Å². The van der Waals surface area contributed by atoms with E-state index in [0.717, 1.165) is 11.3 Å². The van der Waals surface area contributed by atoms with Crippen LogP contribution >= 0.6 is 0 Å². The molecule has 2 N–H and O–H groups in total. The molecule has 2 rings (SSSR count).